The lowest BCUT2D eigenvalue weighted by Crippen LogP contribution is -2.51. The number of aromatic nitrogens is 3. The van der Waals surface area contributed by atoms with Gasteiger partial charge in [0.2, 0.25) is 0 Å². The van der Waals surface area contributed by atoms with E-state index in [4.69, 9.17) is 4.74 Å². The number of aryl methyl sites for hydroxylation is 1. The van der Waals surface area contributed by atoms with Gasteiger partial charge in [0.25, 0.3) is 5.91 Å². The molecule has 29 heavy (non-hydrogen) atoms. The minimum atomic E-state index is -0.332. The Hall–Kier alpha value is -3.42. The Morgan fingerprint density at radius 2 is 1.72 bits per heavy atom. The van der Waals surface area contributed by atoms with Crippen molar-refractivity contribution in [3.8, 4) is 11.3 Å². The molecular weight excluding hydrogens is 370 g/mol. The van der Waals surface area contributed by atoms with Crippen LogP contribution in [0.25, 0.3) is 16.9 Å². The van der Waals surface area contributed by atoms with Crippen molar-refractivity contribution in [1.29, 1.82) is 0 Å². The number of carbonyl (C=O) groups is 2. The van der Waals surface area contributed by atoms with Crippen molar-refractivity contribution in [3.63, 3.8) is 0 Å². The summed E-state index contributed by atoms with van der Waals surface area (Å²) in [6, 6.07) is 13.5. The average molecular weight is 393 g/mol. The number of fused-ring (bicyclic) bond motifs is 1. The Balaban J connectivity index is 1.59. The number of benzene rings is 1. The molecule has 0 bridgehead atoms. The van der Waals surface area contributed by atoms with Crippen LogP contribution in [0.5, 0.6) is 0 Å². The Morgan fingerprint density at radius 3 is 2.41 bits per heavy atom. The van der Waals surface area contributed by atoms with Crippen LogP contribution >= 0.6 is 0 Å². The van der Waals surface area contributed by atoms with Crippen LogP contribution in [0.2, 0.25) is 0 Å². The van der Waals surface area contributed by atoms with Gasteiger partial charge in [0, 0.05) is 43.5 Å². The fourth-order valence-electron chi connectivity index (χ4n) is 3.47. The molecular formula is C21H23N5O3. The topological polar surface area (TPSA) is 80.0 Å². The van der Waals surface area contributed by atoms with Gasteiger partial charge < -0.3 is 14.5 Å². The van der Waals surface area contributed by atoms with Gasteiger partial charge in [-0.25, -0.2) is 14.3 Å². The lowest BCUT2D eigenvalue weighted by atomic mass is 10.2. The van der Waals surface area contributed by atoms with Gasteiger partial charge in [0.1, 0.15) is 5.69 Å². The molecule has 2 aromatic heterocycles. The SMILES string of the molecule is CCOC(=O)N1CCN(C(=O)c2cc(C)nc3cc(-c4ccccc4)nn23)CC1. The lowest BCUT2D eigenvalue weighted by molar-refractivity contribution is 0.0563. The number of carbonyl (C=O) groups excluding carboxylic acids is 2. The third-order valence-electron chi connectivity index (χ3n) is 4.94. The molecule has 1 fully saturated rings. The summed E-state index contributed by atoms with van der Waals surface area (Å²) in [5, 5.41) is 4.63. The molecule has 0 radical (unpaired) electrons. The van der Waals surface area contributed by atoms with Crippen molar-refractivity contribution in [3.05, 3.63) is 53.9 Å². The molecule has 0 N–H and O–H groups in total. The number of rotatable bonds is 3. The highest BCUT2D eigenvalue weighted by Crippen LogP contribution is 2.21. The molecule has 1 saturated heterocycles. The average Bonchev–Trinajstić information content (AvgIpc) is 3.17. The van der Waals surface area contributed by atoms with Gasteiger partial charge in [-0.3, -0.25) is 4.79 Å². The normalized spacial score (nSPS) is 14.3. The first-order chi connectivity index (χ1) is 14.1. The van der Waals surface area contributed by atoms with Gasteiger partial charge in [0.05, 0.1) is 12.3 Å². The van der Waals surface area contributed by atoms with Crippen LogP contribution in [-0.4, -0.2) is 69.2 Å². The Bertz CT molecular complexity index is 1040. The molecule has 8 heteroatoms. The van der Waals surface area contributed by atoms with E-state index in [-0.39, 0.29) is 12.0 Å². The maximum absolute atomic E-state index is 13.2. The largest absolute Gasteiger partial charge is 0.450 e. The van der Waals surface area contributed by atoms with E-state index in [1.54, 1.807) is 27.3 Å². The molecule has 1 aliphatic rings. The fourth-order valence-corrected chi connectivity index (χ4v) is 3.47. The van der Waals surface area contributed by atoms with E-state index in [1.165, 1.54) is 0 Å². The van der Waals surface area contributed by atoms with Gasteiger partial charge >= 0.3 is 6.09 Å². The monoisotopic (exact) mass is 393 g/mol. The zero-order valence-electron chi connectivity index (χ0n) is 16.5. The van der Waals surface area contributed by atoms with E-state index in [0.717, 1.165) is 17.0 Å². The molecule has 0 unspecified atom stereocenters. The first kappa shape index (κ1) is 18.9. The zero-order chi connectivity index (χ0) is 20.4. The van der Waals surface area contributed by atoms with Gasteiger partial charge in [-0.15, -0.1) is 0 Å². The number of nitrogens with zero attached hydrogens (tertiary/aromatic N) is 5. The quantitative estimate of drug-likeness (QED) is 0.683. The third kappa shape index (κ3) is 3.78. The number of ether oxygens (including phenoxy) is 1. The van der Waals surface area contributed by atoms with Crippen LogP contribution in [0.15, 0.2) is 42.5 Å². The van der Waals surface area contributed by atoms with Crippen LogP contribution in [0.1, 0.15) is 23.1 Å². The molecule has 0 atom stereocenters. The van der Waals surface area contributed by atoms with Crippen molar-refractivity contribution in [2.45, 2.75) is 13.8 Å². The summed E-state index contributed by atoms with van der Waals surface area (Å²) in [4.78, 5) is 33.0. The second-order valence-electron chi connectivity index (χ2n) is 6.93. The molecule has 150 valence electrons. The minimum Gasteiger partial charge on any atom is -0.450 e. The van der Waals surface area contributed by atoms with Crippen molar-refractivity contribution < 1.29 is 14.3 Å². The van der Waals surface area contributed by atoms with Gasteiger partial charge in [-0.2, -0.15) is 5.10 Å². The van der Waals surface area contributed by atoms with Crippen LogP contribution in [0, 0.1) is 6.92 Å². The van der Waals surface area contributed by atoms with E-state index >= 15 is 0 Å². The predicted octanol–water partition coefficient (Wildman–Crippen LogP) is 2.62. The van der Waals surface area contributed by atoms with Crippen molar-refractivity contribution >= 4 is 17.6 Å². The molecule has 3 heterocycles. The fraction of sp³-hybridized carbons (Fsp3) is 0.333. The maximum atomic E-state index is 13.2. The van der Waals surface area contributed by atoms with Gasteiger partial charge in [-0.1, -0.05) is 30.3 Å². The standard InChI is InChI=1S/C21H23N5O3/c1-3-29-21(28)25-11-9-24(10-12-25)20(27)18-13-15(2)22-19-14-17(23-26(18)19)16-7-5-4-6-8-16/h4-8,13-14H,3,9-12H2,1-2H3. The summed E-state index contributed by atoms with van der Waals surface area (Å²) >= 11 is 0. The first-order valence-electron chi connectivity index (χ1n) is 9.70. The van der Waals surface area contributed by atoms with Crippen molar-refractivity contribution in [2.75, 3.05) is 32.8 Å². The summed E-state index contributed by atoms with van der Waals surface area (Å²) in [6.07, 6.45) is -0.332. The highest BCUT2D eigenvalue weighted by molar-refractivity contribution is 5.93. The Labute approximate surface area is 168 Å². The summed E-state index contributed by atoms with van der Waals surface area (Å²) in [5.74, 6) is -0.119. The third-order valence-corrected chi connectivity index (χ3v) is 4.94. The Kier molecular flexibility index (Phi) is 5.16. The smallest absolute Gasteiger partial charge is 0.409 e. The summed E-state index contributed by atoms with van der Waals surface area (Å²) in [6.45, 7) is 5.79. The lowest BCUT2D eigenvalue weighted by Gasteiger charge is -2.34. The second kappa shape index (κ2) is 7.90. The van der Waals surface area contributed by atoms with E-state index in [9.17, 15) is 9.59 Å². The molecule has 8 nitrogen and oxygen atoms in total. The zero-order valence-corrected chi connectivity index (χ0v) is 16.5. The molecule has 1 aromatic carbocycles. The predicted molar refractivity (Wildman–Crippen MR) is 108 cm³/mol. The summed E-state index contributed by atoms with van der Waals surface area (Å²) in [5.41, 5.74) is 3.60. The summed E-state index contributed by atoms with van der Waals surface area (Å²) < 4.78 is 6.65. The molecule has 1 aliphatic heterocycles. The van der Waals surface area contributed by atoms with Crippen molar-refractivity contribution in [2.24, 2.45) is 0 Å². The number of hydrogen-bond acceptors (Lipinski definition) is 5. The molecule has 0 aliphatic carbocycles. The van der Waals surface area contributed by atoms with Gasteiger partial charge in [-0.05, 0) is 19.9 Å². The summed E-state index contributed by atoms with van der Waals surface area (Å²) in [7, 11) is 0. The van der Waals surface area contributed by atoms with Gasteiger partial charge in [0.15, 0.2) is 5.65 Å². The van der Waals surface area contributed by atoms with E-state index in [2.05, 4.69) is 10.1 Å². The number of hydrogen-bond donors (Lipinski definition) is 0. The molecule has 0 saturated carbocycles. The number of piperazine rings is 1. The number of amides is 2. The van der Waals surface area contributed by atoms with Crippen LogP contribution in [0.4, 0.5) is 4.79 Å². The Morgan fingerprint density at radius 1 is 1.03 bits per heavy atom. The maximum Gasteiger partial charge on any atom is 0.409 e. The minimum absolute atomic E-state index is 0.119. The molecule has 2 amide bonds. The van der Waals surface area contributed by atoms with E-state index < -0.39 is 0 Å². The molecule has 3 aromatic rings. The van der Waals surface area contributed by atoms with E-state index in [1.807, 2.05) is 43.3 Å². The van der Waals surface area contributed by atoms with Crippen LogP contribution < -0.4 is 0 Å². The first-order valence-corrected chi connectivity index (χ1v) is 9.70. The second-order valence-corrected chi connectivity index (χ2v) is 6.93. The van der Waals surface area contributed by atoms with Crippen LogP contribution in [0.3, 0.4) is 0 Å². The highest BCUT2D eigenvalue weighted by atomic mass is 16.6. The molecule has 4 rings (SSSR count). The van der Waals surface area contributed by atoms with E-state index in [0.29, 0.717) is 44.1 Å². The van der Waals surface area contributed by atoms with Crippen LogP contribution in [-0.2, 0) is 4.74 Å². The van der Waals surface area contributed by atoms with Crippen molar-refractivity contribution in [1.82, 2.24) is 24.4 Å². The highest BCUT2D eigenvalue weighted by Gasteiger charge is 2.27. The molecule has 0 spiro atoms.